The fourth-order valence-electron chi connectivity index (χ4n) is 1.57. The van der Waals surface area contributed by atoms with Crippen molar-refractivity contribution in [3.05, 3.63) is 11.9 Å². The number of aryl methyl sites for hydroxylation is 2. The zero-order chi connectivity index (χ0) is 12.0. The quantitative estimate of drug-likeness (QED) is 0.692. The predicted molar refractivity (Wildman–Crippen MR) is 62.6 cm³/mol. The van der Waals surface area contributed by atoms with Crippen LogP contribution in [-0.2, 0) is 18.3 Å². The SMILES string of the molecule is CCc1nn(C)cc1NCCCCC(=O)O. The van der Waals surface area contributed by atoms with E-state index in [0.29, 0.717) is 6.42 Å². The molecule has 0 unspecified atom stereocenters. The minimum absolute atomic E-state index is 0.245. The molecule has 0 fully saturated rings. The largest absolute Gasteiger partial charge is 0.481 e. The summed E-state index contributed by atoms with van der Waals surface area (Å²) in [7, 11) is 1.90. The molecule has 0 aliphatic heterocycles. The smallest absolute Gasteiger partial charge is 0.303 e. The van der Waals surface area contributed by atoms with E-state index in [2.05, 4.69) is 17.3 Å². The Kier molecular flexibility index (Phi) is 4.82. The van der Waals surface area contributed by atoms with Crippen molar-refractivity contribution in [3.8, 4) is 0 Å². The van der Waals surface area contributed by atoms with Gasteiger partial charge in [0.1, 0.15) is 0 Å². The molecule has 0 atom stereocenters. The molecule has 0 saturated heterocycles. The molecule has 1 rings (SSSR count). The number of carboxylic acids is 1. The fraction of sp³-hybridized carbons (Fsp3) is 0.636. The molecule has 0 aliphatic carbocycles. The third-order valence-corrected chi connectivity index (χ3v) is 2.37. The standard InChI is InChI=1S/C11H19N3O2/c1-3-9-10(8-14(2)13-9)12-7-5-4-6-11(15)16/h8,12H,3-7H2,1-2H3,(H,15,16). The molecule has 0 radical (unpaired) electrons. The molecule has 0 aromatic carbocycles. The number of hydrogen-bond acceptors (Lipinski definition) is 3. The van der Waals surface area contributed by atoms with Gasteiger partial charge in [-0.2, -0.15) is 5.10 Å². The Morgan fingerprint density at radius 2 is 2.31 bits per heavy atom. The van der Waals surface area contributed by atoms with E-state index in [1.165, 1.54) is 0 Å². The molecular weight excluding hydrogens is 206 g/mol. The second-order valence-electron chi connectivity index (χ2n) is 3.79. The van der Waals surface area contributed by atoms with Crippen LogP contribution in [0.1, 0.15) is 31.9 Å². The maximum absolute atomic E-state index is 10.3. The van der Waals surface area contributed by atoms with Crippen LogP contribution in [-0.4, -0.2) is 27.4 Å². The third-order valence-electron chi connectivity index (χ3n) is 2.37. The van der Waals surface area contributed by atoms with E-state index in [9.17, 15) is 4.79 Å². The van der Waals surface area contributed by atoms with Crippen LogP contribution in [0.15, 0.2) is 6.20 Å². The molecule has 0 bridgehead atoms. The van der Waals surface area contributed by atoms with Crippen LogP contribution in [0.3, 0.4) is 0 Å². The molecule has 16 heavy (non-hydrogen) atoms. The van der Waals surface area contributed by atoms with Gasteiger partial charge in [0.15, 0.2) is 0 Å². The Balaban J connectivity index is 2.28. The van der Waals surface area contributed by atoms with Gasteiger partial charge in [0.05, 0.1) is 11.4 Å². The highest BCUT2D eigenvalue weighted by Gasteiger charge is 2.04. The molecule has 5 heteroatoms. The Morgan fingerprint density at radius 3 is 2.94 bits per heavy atom. The molecule has 90 valence electrons. The summed E-state index contributed by atoms with van der Waals surface area (Å²) < 4.78 is 1.79. The van der Waals surface area contributed by atoms with Crippen LogP contribution in [0.25, 0.3) is 0 Å². The highest BCUT2D eigenvalue weighted by molar-refractivity contribution is 5.66. The highest BCUT2D eigenvalue weighted by atomic mass is 16.4. The fourth-order valence-corrected chi connectivity index (χ4v) is 1.57. The van der Waals surface area contributed by atoms with Crippen molar-refractivity contribution in [2.24, 2.45) is 7.05 Å². The first-order valence-corrected chi connectivity index (χ1v) is 5.61. The minimum Gasteiger partial charge on any atom is -0.481 e. The molecule has 0 amide bonds. The molecule has 1 aromatic heterocycles. The van der Waals surface area contributed by atoms with E-state index in [4.69, 9.17) is 5.11 Å². The van der Waals surface area contributed by atoms with Gasteiger partial charge in [0.25, 0.3) is 0 Å². The Labute approximate surface area is 95.5 Å². The summed E-state index contributed by atoms with van der Waals surface area (Å²) in [5.74, 6) is -0.726. The number of aromatic nitrogens is 2. The minimum atomic E-state index is -0.726. The van der Waals surface area contributed by atoms with Gasteiger partial charge in [-0.1, -0.05) is 6.92 Å². The number of aliphatic carboxylic acids is 1. The summed E-state index contributed by atoms with van der Waals surface area (Å²) in [6.45, 7) is 2.86. The molecule has 5 nitrogen and oxygen atoms in total. The molecule has 0 spiro atoms. The lowest BCUT2D eigenvalue weighted by Gasteiger charge is -2.04. The summed E-state index contributed by atoms with van der Waals surface area (Å²) in [5, 5.41) is 16.1. The van der Waals surface area contributed by atoms with Crippen molar-refractivity contribution in [2.75, 3.05) is 11.9 Å². The van der Waals surface area contributed by atoms with Crippen molar-refractivity contribution in [1.82, 2.24) is 9.78 Å². The molecule has 1 heterocycles. The Hall–Kier alpha value is -1.52. The van der Waals surface area contributed by atoms with Crippen LogP contribution in [0.2, 0.25) is 0 Å². The normalized spacial score (nSPS) is 10.4. The zero-order valence-corrected chi connectivity index (χ0v) is 9.86. The second-order valence-corrected chi connectivity index (χ2v) is 3.79. The van der Waals surface area contributed by atoms with Gasteiger partial charge in [-0.25, -0.2) is 0 Å². The van der Waals surface area contributed by atoms with E-state index in [0.717, 1.165) is 30.8 Å². The lowest BCUT2D eigenvalue weighted by Crippen LogP contribution is -2.04. The van der Waals surface area contributed by atoms with E-state index in [1.807, 2.05) is 13.2 Å². The topological polar surface area (TPSA) is 67.2 Å². The second kappa shape index (κ2) is 6.15. The van der Waals surface area contributed by atoms with Crippen molar-refractivity contribution in [3.63, 3.8) is 0 Å². The maximum Gasteiger partial charge on any atom is 0.303 e. The predicted octanol–water partition coefficient (Wildman–Crippen LogP) is 1.65. The first-order chi connectivity index (χ1) is 7.63. The van der Waals surface area contributed by atoms with Crippen LogP contribution >= 0.6 is 0 Å². The molecular formula is C11H19N3O2. The zero-order valence-electron chi connectivity index (χ0n) is 9.86. The van der Waals surface area contributed by atoms with Gasteiger partial charge in [0.2, 0.25) is 0 Å². The van der Waals surface area contributed by atoms with Gasteiger partial charge >= 0.3 is 5.97 Å². The summed E-state index contributed by atoms with van der Waals surface area (Å²) in [6, 6.07) is 0. The average molecular weight is 225 g/mol. The average Bonchev–Trinajstić information content (AvgIpc) is 2.58. The summed E-state index contributed by atoms with van der Waals surface area (Å²) in [5.41, 5.74) is 2.11. The van der Waals surface area contributed by atoms with Crippen molar-refractivity contribution >= 4 is 11.7 Å². The van der Waals surface area contributed by atoms with Crippen LogP contribution < -0.4 is 5.32 Å². The molecule has 0 aliphatic rings. The number of anilines is 1. The van der Waals surface area contributed by atoms with Gasteiger partial charge in [-0.05, 0) is 19.3 Å². The van der Waals surface area contributed by atoms with E-state index in [1.54, 1.807) is 4.68 Å². The summed E-state index contributed by atoms with van der Waals surface area (Å²) in [6.07, 6.45) is 4.68. The van der Waals surface area contributed by atoms with Gasteiger partial charge in [0, 0.05) is 26.2 Å². The maximum atomic E-state index is 10.3. The molecule has 0 saturated carbocycles. The van der Waals surface area contributed by atoms with Crippen LogP contribution in [0.5, 0.6) is 0 Å². The van der Waals surface area contributed by atoms with Crippen molar-refractivity contribution < 1.29 is 9.90 Å². The van der Waals surface area contributed by atoms with E-state index < -0.39 is 5.97 Å². The number of hydrogen-bond donors (Lipinski definition) is 2. The van der Waals surface area contributed by atoms with Crippen molar-refractivity contribution in [1.29, 1.82) is 0 Å². The van der Waals surface area contributed by atoms with Crippen LogP contribution in [0, 0.1) is 0 Å². The number of carboxylic acid groups (broad SMARTS) is 1. The van der Waals surface area contributed by atoms with Crippen molar-refractivity contribution in [2.45, 2.75) is 32.6 Å². The Morgan fingerprint density at radius 1 is 1.56 bits per heavy atom. The first-order valence-electron chi connectivity index (χ1n) is 5.61. The number of unbranched alkanes of at least 4 members (excludes halogenated alkanes) is 1. The summed E-state index contributed by atoms with van der Waals surface area (Å²) in [4.78, 5) is 10.3. The number of rotatable bonds is 7. The number of carbonyl (C=O) groups is 1. The number of nitrogens with one attached hydrogen (secondary N) is 1. The number of nitrogens with zero attached hydrogens (tertiary/aromatic N) is 2. The Bertz CT molecular complexity index is 347. The third kappa shape index (κ3) is 3.92. The van der Waals surface area contributed by atoms with Gasteiger partial charge < -0.3 is 10.4 Å². The highest BCUT2D eigenvalue weighted by Crippen LogP contribution is 2.13. The molecule has 1 aromatic rings. The van der Waals surface area contributed by atoms with Crippen LogP contribution in [0.4, 0.5) is 5.69 Å². The van der Waals surface area contributed by atoms with E-state index in [-0.39, 0.29) is 6.42 Å². The summed E-state index contributed by atoms with van der Waals surface area (Å²) >= 11 is 0. The van der Waals surface area contributed by atoms with Gasteiger partial charge in [-0.3, -0.25) is 9.48 Å². The van der Waals surface area contributed by atoms with E-state index >= 15 is 0 Å². The lowest BCUT2D eigenvalue weighted by atomic mass is 10.2. The molecule has 2 N–H and O–H groups in total. The lowest BCUT2D eigenvalue weighted by molar-refractivity contribution is -0.137. The van der Waals surface area contributed by atoms with Gasteiger partial charge in [-0.15, -0.1) is 0 Å². The first kappa shape index (κ1) is 12.5. The monoisotopic (exact) mass is 225 g/mol.